The number of piperidine rings is 1. The summed E-state index contributed by atoms with van der Waals surface area (Å²) in [4.78, 5) is 29.8. The molecule has 0 spiro atoms. The summed E-state index contributed by atoms with van der Waals surface area (Å²) in [6.07, 6.45) is 2.06. The van der Waals surface area contributed by atoms with Crippen LogP contribution in [0.1, 0.15) is 31.7 Å². The van der Waals surface area contributed by atoms with E-state index in [4.69, 9.17) is 0 Å². The molecule has 1 aliphatic heterocycles. The highest BCUT2D eigenvalue weighted by Gasteiger charge is 2.46. The Labute approximate surface area is 166 Å². The maximum atomic E-state index is 14.7. The maximum Gasteiger partial charge on any atom is 0.257 e. The van der Waals surface area contributed by atoms with Crippen molar-refractivity contribution in [3.05, 3.63) is 58.4 Å². The topological polar surface area (TPSA) is 67.2 Å². The molecular weight excluding hydrogens is 385 g/mol. The quantitative estimate of drug-likeness (QED) is 0.826. The molecule has 2 aromatic rings. The number of nitrogens with zero attached hydrogens (tertiary/aromatic N) is 3. The number of pyridine rings is 2. The first-order valence-corrected chi connectivity index (χ1v) is 9.46. The molecule has 6 nitrogen and oxygen atoms in total. The number of hydrogen-bond acceptors (Lipinski definition) is 4. The second-order valence-corrected chi connectivity index (χ2v) is 7.17. The molecule has 1 fully saturated rings. The van der Waals surface area contributed by atoms with E-state index in [1.165, 1.54) is 35.0 Å². The number of anilines is 1. The summed E-state index contributed by atoms with van der Waals surface area (Å²) < 4.78 is 43.6. The van der Waals surface area contributed by atoms with Crippen LogP contribution in [0.3, 0.4) is 0 Å². The molecule has 2 atom stereocenters. The number of aromatic nitrogens is 2. The van der Waals surface area contributed by atoms with E-state index in [2.05, 4.69) is 10.3 Å². The molecule has 2 aromatic heterocycles. The Morgan fingerprint density at radius 1 is 1.34 bits per heavy atom. The summed E-state index contributed by atoms with van der Waals surface area (Å²) in [7, 11) is 0. The van der Waals surface area contributed by atoms with Crippen LogP contribution in [0.15, 0.2) is 41.5 Å². The molecule has 1 saturated heterocycles. The van der Waals surface area contributed by atoms with Crippen molar-refractivity contribution in [1.82, 2.24) is 14.5 Å². The van der Waals surface area contributed by atoms with Gasteiger partial charge >= 0.3 is 0 Å². The van der Waals surface area contributed by atoms with E-state index in [0.29, 0.717) is 12.1 Å². The van der Waals surface area contributed by atoms with E-state index in [1.54, 1.807) is 18.7 Å². The van der Waals surface area contributed by atoms with Crippen molar-refractivity contribution in [2.75, 3.05) is 18.4 Å². The van der Waals surface area contributed by atoms with E-state index < -0.39 is 36.0 Å². The molecule has 0 saturated carbocycles. The van der Waals surface area contributed by atoms with Crippen molar-refractivity contribution in [1.29, 1.82) is 0 Å². The van der Waals surface area contributed by atoms with Crippen LogP contribution in [0, 0.1) is 5.82 Å². The lowest BCUT2D eigenvalue weighted by atomic mass is 9.87. The van der Waals surface area contributed by atoms with Crippen molar-refractivity contribution >= 4 is 11.7 Å². The molecule has 0 aliphatic carbocycles. The molecule has 29 heavy (non-hydrogen) atoms. The Bertz CT molecular complexity index is 930. The van der Waals surface area contributed by atoms with E-state index in [9.17, 15) is 22.8 Å². The van der Waals surface area contributed by atoms with Gasteiger partial charge in [0.15, 0.2) is 0 Å². The summed E-state index contributed by atoms with van der Waals surface area (Å²) in [6, 6.07) is 4.56. The van der Waals surface area contributed by atoms with Gasteiger partial charge in [-0.3, -0.25) is 14.5 Å². The van der Waals surface area contributed by atoms with Crippen LogP contribution in [0.4, 0.5) is 19.0 Å². The average Bonchev–Trinajstić information content (AvgIpc) is 2.69. The lowest BCUT2D eigenvalue weighted by Crippen LogP contribution is -2.52. The number of amides is 1. The Morgan fingerprint density at radius 3 is 2.76 bits per heavy atom. The molecular formula is C20H23F3N4O2. The van der Waals surface area contributed by atoms with Crippen molar-refractivity contribution in [2.24, 2.45) is 0 Å². The first-order chi connectivity index (χ1) is 13.7. The molecule has 1 amide bonds. The van der Waals surface area contributed by atoms with Crippen LogP contribution >= 0.6 is 0 Å². The minimum Gasteiger partial charge on any atom is -0.316 e. The van der Waals surface area contributed by atoms with E-state index in [-0.39, 0.29) is 24.5 Å². The van der Waals surface area contributed by atoms with E-state index in [1.807, 2.05) is 0 Å². The first kappa shape index (κ1) is 21.0. The minimum atomic E-state index is -2.94. The molecule has 0 aromatic carbocycles. The van der Waals surface area contributed by atoms with Crippen LogP contribution in [0.2, 0.25) is 0 Å². The molecule has 2 unspecified atom stereocenters. The zero-order valence-corrected chi connectivity index (χ0v) is 16.2. The van der Waals surface area contributed by atoms with Crippen LogP contribution in [0.5, 0.6) is 0 Å². The zero-order chi connectivity index (χ0) is 21.2. The molecule has 156 valence electrons. The van der Waals surface area contributed by atoms with Gasteiger partial charge in [-0.2, -0.15) is 0 Å². The molecule has 0 radical (unpaired) electrons. The average molecular weight is 408 g/mol. The van der Waals surface area contributed by atoms with Gasteiger partial charge in [0.1, 0.15) is 11.6 Å². The zero-order valence-electron chi connectivity index (χ0n) is 16.2. The van der Waals surface area contributed by atoms with Gasteiger partial charge in [0.05, 0.1) is 18.2 Å². The monoisotopic (exact) mass is 408 g/mol. The van der Waals surface area contributed by atoms with Gasteiger partial charge in [-0.05, 0) is 31.5 Å². The van der Waals surface area contributed by atoms with Gasteiger partial charge in [-0.1, -0.05) is 6.07 Å². The predicted octanol–water partition coefficient (Wildman–Crippen LogP) is 2.85. The van der Waals surface area contributed by atoms with Gasteiger partial charge in [-0.25, -0.2) is 18.2 Å². The molecule has 1 N–H and O–H groups in total. The molecule has 1 aliphatic rings. The molecule has 3 rings (SSSR count). The van der Waals surface area contributed by atoms with Crippen molar-refractivity contribution in [2.45, 2.75) is 44.7 Å². The van der Waals surface area contributed by atoms with E-state index in [0.717, 1.165) is 6.20 Å². The lowest BCUT2D eigenvalue weighted by Gasteiger charge is -2.40. The van der Waals surface area contributed by atoms with Crippen LogP contribution in [-0.4, -0.2) is 45.4 Å². The summed E-state index contributed by atoms with van der Waals surface area (Å²) >= 11 is 0. The van der Waals surface area contributed by atoms with Crippen LogP contribution < -0.4 is 10.9 Å². The summed E-state index contributed by atoms with van der Waals surface area (Å²) in [5.74, 6) is -4.82. The van der Waals surface area contributed by atoms with Crippen molar-refractivity contribution in [3.8, 4) is 0 Å². The fraction of sp³-hybridized carbons (Fsp3) is 0.450. The SMILES string of the molecule is CCn1cc(C2CN(C(C)C(=O)Nc3ccc(F)cn3)CCC2(F)F)ccc1=O. The number of carbonyl (C=O) groups is 1. The molecule has 0 bridgehead atoms. The smallest absolute Gasteiger partial charge is 0.257 e. The molecule has 3 heterocycles. The minimum absolute atomic E-state index is 0.0274. The molecule has 9 heteroatoms. The van der Waals surface area contributed by atoms with Gasteiger partial charge in [-0.15, -0.1) is 0 Å². The normalized spacial score (nSPS) is 20.2. The van der Waals surface area contributed by atoms with Gasteiger partial charge in [0.2, 0.25) is 5.91 Å². The number of rotatable bonds is 5. The van der Waals surface area contributed by atoms with Gasteiger partial charge in [0.25, 0.3) is 11.5 Å². The number of hydrogen-bond donors (Lipinski definition) is 1. The lowest BCUT2D eigenvalue weighted by molar-refractivity contribution is -0.125. The summed E-state index contributed by atoms with van der Waals surface area (Å²) in [5, 5.41) is 2.58. The second-order valence-electron chi connectivity index (χ2n) is 7.17. The third-order valence-corrected chi connectivity index (χ3v) is 5.31. The fourth-order valence-electron chi connectivity index (χ4n) is 3.48. The summed E-state index contributed by atoms with van der Waals surface area (Å²) in [5.41, 5.74) is 0.126. The number of carbonyl (C=O) groups excluding carboxylic acids is 1. The van der Waals surface area contributed by atoms with Crippen LogP contribution in [-0.2, 0) is 11.3 Å². The third-order valence-electron chi connectivity index (χ3n) is 5.31. The maximum absolute atomic E-state index is 14.7. The van der Waals surface area contributed by atoms with Crippen molar-refractivity contribution in [3.63, 3.8) is 0 Å². The Morgan fingerprint density at radius 2 is 2.10 bits per heavy atom. The summed E-state index contributed by atoms with van der Waals surface area (Å²) in [6.45, 7) is 3.82. The van der Waals surface area contributed by atoms with Gasteiger partial charge < -0.3 is 9.88 Å². The predicted molar refractivity (Wildman–Crippen MR) is 103 cm³/mol. The fourth-order valence-corrected chi connectivity index (χ4v) is 3.48. The first-order valence-electron chi connectivity index (χ1n) is 9.46. The Kier molecular flexibility index (Phi) is 6.07. The number of alkyl halides is 2. The van der Waals surface area contributed by atoms with Crippen molar-refractivity contribution < 1.29 is 18.0 Å². The number of aryl methyl sites for hydroxylation is 1. The highest BCUT2D eigenvalue weighted by Crippen LogP contribution is 2.40. The highest BCUT2D eigenvalue weighted by atomic mass is 19.3. The van der Waals surface area contributed by atoms with Crippen LogP contribution in [0.25, 0.3) is 0 Å². The second kappa shape index (κ2) is 8.36. The number of halogens is 3. The standard InChI is InChI=1S/C20H23F3N4O2/c1-3-26-11-14(4-7-18(26)28)16-12-27(9-8-20(16,22)23)13(2)19(29)25-17-6-5-15(21)10-24-17/h4-7,10-11,13,16H,3,8-9,12H2,1-2H3,(H,24,25,29). The Hall–Kier alpha value is -2.68. The number of likely N-dealkylation sites (tertiary alicyclic amines) is 1. The number of nitrogens with one attached hydrogen (secondary N) is 1. The Balaban J connectivity index is 1.76. The van der Waals surface area contributed by atoms with E-state index >= 15 is 0 Å². The highest BCUT2D eigenvalue weighted by molar-refractivity contribution is 5.93. The third kappa shape index (κ3) is 4.67. The largest absolute Gasteiger partial charge is 0.316 e. The van der Waals surface area contributed by atoms with Gasteiger partial charge in [0, 0.05) is 38.3 Å².